The van der Waals surface area contributed by atoms with Gasteiger partial charge >= 0.3 is 0 Å². The third-order valence-electron chi connectivity index (χ3n) is 18.2. The van der Waals surface area contributed by atoms with Gasteiger partial charge in [0.25, 0.3) is 0 Å². The molecule has 3 aliphatic rings. The molecule has 3 heterocycles. The summed E-state index contributed by atoms with van der Waals surface area (Å²) in [5.41, 5.74) is 0. The van der Waals surface area contributed by atoms with E-state index in [1.54, 1.807) is 6.08 Å². The molecule has 0 spiro atoms. The summed E-state index contributed by atoms with van der Waals surface area (Å²) in [4.78, 5) is 13.5. The van der Waals surface area contributed by atoms with Gasteiger partial charge in [-0.1, -0.05) is 257 Å². The van der Waals surface area contributed by atoms with Gasteiger partial charge in [-0.25, -0.2) is 0 Å². The lowest BCUT2D eigenvalue weighted by Gasteiger charge is -2.48. The first-order chi connectivity index (χ1) is 48.3. The number of unbranched alkanes of at least 4 members (excludes halogenated alkanes) is 24. The minimum Gasteiger partial charge on any atom is -0.394 e. The Balaban J connectivity index is 1.40. The van der Waals surface area contributed by atoms with Gasteiger partial charge in [-0.3, -0.25) is 4.79 Å². The average Bonchev–Trinajstić information content (AvgIpc) is 0.761. The molecule has 12 N–H and O–H groups in total. The molecule has 19 nitrogen and oxygen atoms in total. The van der Waals surface area contributed by atoms with E-state index in [-0.39, 0.29) is 18.9 Å². The predicted molar refractivity (Wildman–Crippen MR) is 392 cm³/mol. The largest absolute Gasteiger partial charge is 0.394 e. The zero-order chi connectivity index (χ0) is 71.8. The van der Waals surface area contributed by atoms with Crippen LogP contribution in [0.15, 0.2) is 122 Å². The Kier molecular flexibility index (Phi) is 53.8. The minimum atomic E-state index is -1.99. The SMILES string of the molecule is CC/C=C\C/C=C\C/C=C\C/C=C\C/C=C\C/C=C\C/C=C\CCCCCCCCCCCCCC(=O)NC(COC1OC(CO)C(OC2OC(CO)C(OC3OC(CO)C(O)C(O)C3O)C(O)C2O)C(O)C1O)C(O)/C=C/CC/C=C/CC/C=C/CCCCCCCCCCCCC. The molecule has 0 aromatic heterocycles. The van der Waals surface area contributed by atoms with Gasteiger partial charge in [-0.05, 0) is 103 Å². The van der Waals surface area contributed by atoms with Crippen LogP contribution in [0, 0.1) is 0 Å². The zero-order valence-corrected chi connectivity index (χ0v) is 60.4. The Morgan fingerprint density at radius 2 is 0.707 bits per heavy atom. The molecule has 0 bridgehead atoms. The standard InChI is InChI=1S/C80H135NO18/c1-3-5-7-9-11-13-15-17-19-21-23-25-26-27-28-29-30-31-32-33-34-35-36-38-40-42-44-46-48-50-52-54-56-58-68(86)81-63(64(85)57-55-53-51-49-47-45-43-41-39-37-24-22-20-18-16-14-12-10-8-6-4-2)62-94-78-74(92)71(89)76(66(60-83)96-78)99-80-75(93)72(90)77(67(61-84)97-80)98-79-73(91)70(88)69(87)65(59-82)95-79/h5,7,11,13,17,19,23,25,27-28,30-31,33-34,39,41,47,49,55,57,63-67,69-80,82-85,87-93H,3-4,6,8-10,12,14-16,18,20-22,24,26,29,32,35-38,40,42-46,48,50-54,56,58-62H2,1-2H3,(H,81,86)/b7-5-,13-11-,19-17-,25-23-,28-27-,31-30-,34-33-,41-39+,49-47+,57-55+. The number of aliphatic hydroxyl groups is 11. The van der Waals surface area contributed by atoms with Gasteiger partial charge < -0.3 is 89.9 Å². The van der Waals surface area contributed by atoms with Gasteiger partial charge in [0.2, 0.25) is 5.91 Å². The second kappa shape index (κ2) is 59.6. The molecular weight excluding hydrogens is 1260 g/mol. The van der Waals surface area contributed by atoms with Crippen molar-refractivity contribution in [1.29, 1.82) is 0 Å². The van der Waals surface area contributed by atoms with Crippen LogP contribution in [0.4, 0.5) is 0 Å². The lowest BCUT2D eigenvalue weighted by Crippen LogP contribution is -2.66. The Morgan fingerprint density at radius 3 is 1.13 bits per heavy atom. The van der Waals surface area contributed by atoms with Gasteiger partial charge in [0.05, 0.1) is 38.6 Å². The highest BCUT2D eigenvalue weighted by Crippen LogP contribution is 2.33. The van der Waals surface area contributed by atoms with E-state index in [1.165, 1.54) is 109 Å². The number of allylic oxidation sites excluding steroid dienone is 19. The average molecular weight is 1400 g/mol. The maximum atomic E-state index is 13.5. The Hall–Kier alpha value is -3.81. The van der Waals surface area contributed by atoms with Crippen molar-refractivity contribution in [3.63, 3.8) is 0 Å². The molecule has 3 fully saturated rings. The van der Waals surface area contributed by atoms with E-state index in [0.717, 1.165) is 103 Å². The maximum Gasteiger partial charge on any atom is 0.220 e. The third kappa shape index (κ3) is 40.2. The lowest BCUT2D eigenvalue weighted by atomic mass is 9.96. The molecule has 3 rings (SSSR count). The van der Waals surface area contributed by atoms with Crippen LogP contribution in [-0.2, 0) is 33.2 Å². The molecule has 17 atom stereocenters. The van der Waals surface area contributed by atoms with Crippen molar-refractivity contribution in [3.8, 4) is 0 Å². The van der Waals surface area contributed by atoms with Crippen molar-refractivity contribution in [2.45, 2.75) is 349 Å². The second-order valence-electron chi connectivity index (χ2n) is 26.7. The number of ether oxygens (including phenoxy) is 6. The molecule has 1 amide bonds. The Morgan fingerprint density at radius 1 is 0.374 bits per heavy atom. The molecule has 568 valence electrons. The van der Waals surface area contributed by atoms with Crippen LogP contribution in [0.5, 0.6) is 0 Å². The lowest BCUT2D eigenvalue weighted by molar-refractivity contribution is -0.379. The number of carbonyl (C=O) groups excluding carboxylic acids is 1. The highest BCUT2D eigenvalue weighted by atomic mass is 16.8. The Bertz CT molecular complexity index is 2260. The quantitative estimate of drug-likeness (QED) is 0.0199. The van der Waals surface area contributed by atoms with Crippen LogP contribution in [0.2, 0.25) is 0 Å². The summed E-state index contributed by atoms with van der Waals surface area (Å²) in [6.07, 6.45) is 56.0. The van der Waals surface area contributed by atoms with Crippen LogP contribution in [-0.4, -0.2) is 193 Å². The van der Waals surface area contributed by atoms with Crippen LogP contribution in [0.3, 0.4) is 0 Å². The first-order valence-corrected chi connectivity index (χ1v) is 38.3. The predicted octanol–water partition coefficient (Wildman–Crippen LogP) is 11.9. The summed E-state index contributed by atoms with van der Waals surface area (Å²) < 4.78 is 34.4. The molecule has 3 aliphatic heterocycles. The molecule has 0 saturated carbocycles. The zero-order valence-electron chi connectivity index (χ0n) is 60.4. The van der Waals surface area contributed by atoms with Crippen molar-refractivity contribution < 1.29 is 89.4 Å². The molecule has 99 heavy (non-hydrogen) atoms. The first-order valence-electron chi connectivity index (χ1n) is 38.3. The normalized spacial score (nSPS) is 27.3. The van der Waals surface area contributed by atoms with Gasteiger partial charge in [-0.2, -0.15) is 0 Å². The van der Waals surface area contributed by atoms with E-state index >= 15 is 0 Å². The van der Waals surface area contributed by atoms with E-state index in [2.05, 4.69) is 129 Å². The van der Waals surface area contributed by atoms with Crippen molar-refractivity contribution in [3.05, 3.63) is 122 Å². The summed E-state index contributed by atoms with van der Waals surface area (Å²) in [6, 6.07) is -1.01. The van der Waals surface area contributed by atoms with Crippen LogP contribution in [0.1, 0.15) is 245 Å². The molecule has 0 aliphatic carbocycles. The molecule has 19 heteroatoms. The number of aliphatic hydroxyl groups excluding tert-OH is 11. The van der Waals surface area contributed by atoms with Crippen LogP contribution in [0.25, 0.3) is 0 Å². The fraction of sp³-hybridized carbons (Fsp3) is 0.738. The van der Waals surface area contributed by atoms with Crippen molar-refractivity contribution in [2.24, 2.45) is 0 Å². The van der Waals surface area contributed by atoms with Gasteiger partial charge in [-0.15, -0.1) is 0 Å². The van der Waals surface area contributed by atoms with Gasteiger partial charge in [0.1, 0.15) is 73.2 Å². The summed E-state index contributed by atoms with van der Waals surface area (Å²) in [5.74, 6) is -0.297. The summed E-state index contributed by atoms with van der Waals surface area (Å²) in [6.45, 7) is 1.59. The number of rotatable bonds is 58. The third-order valence-corrected chi connectivity index (χ3v) is 18.2. The van der Waals surface area contributed by atoms with Crippen molar-refractivity contribution in [2.75, 3.05) is 26.4 Å². The number of amides is 1. The number of nitrogens with one attached hydrogen (secondary N) is 1. The highest BCUT2D eigenvalue weighted by molar-refractivity contribution is 5.76. The van der Waals surface area contributed by atoms with Crippen LogP contribution < -0.4 is 5.32 Å². The van der Waals surface area contributed by atoms with Gasteiger partial charge in [0.15, 0.2) is 18.9 Å². The monoisotopic (exact) mass is 1400 g/mol. The smallest absolute Gasteiger partial charge is 0.220 e. The Labute approximate surface area is 595 Å². The number of hydrogen-bond acceptors (Lipinski definition) is 18. The molecule has 0 radical (unpaired) electrons. The minimum absolute atomic E-state index is 0.221. The van der Waals surface area contributed by atoms with Crippen LogP contribution >= 0.6 is 0 Å². The molecule has 17 unspecified atom stereocenters. The highest BCUT2D eigenvalue weighted by Gasteiger charge is 2.53. The maximum absolute atomic E-state index is 13.5. The topological polar surface area (TPSA) is 307 Å². The van der Waals surface area contributed by atoms with Gasteiger partial charge in [0, 0.05) is 6.42 Å². The van der Waals surface area contributed by atoms with E-state index in [0.29, 0.717) is 12.8 Å². The van der Waals surface area contributed by atoms with E-state index in [4.69, 9.17) is 28.4 Å². The van der Waals surface area contributed by atoms with E-state index in [9.17, 15) is 61.0 Å². The second-order valence-corrected chi connectivity index (χ2v) is 26.7. The fourth-order valence-electron chi connectivity index (χ4n) is 12.1. The summed E-state index contributed by atoms with van der Waals surface area (Å²) >= 11 is 0. The number of hydrogen-bond donors (Lipinski definition) is 12. The van der Waals surface area contributed by atoms with E-state index < -0.39 is 124 Å². The fourth-order valence-corrected chi connectivity index (χ4v) is 12.1. The molecule has 0 aromatic carbocycles. The summed E-state index contributed by atoms with van der Waals surface area (Å²) in [7, 11) is 0. The number of carbonyl (C=O) groups is 1. The molecule has 3 saturated heterocycles. The van der Waals surface area contributed by atoms with E-state index in [1.807, 2.05) is 6.08 Å². The van der Waals surface area contributed by atoms with Crippen molar-refractivity contribution in [1.82, 2.24) is 5.32 Å². The molecule has 0 aromatic rings. The molecular formula is C80H135NO18. The summed E-state index contributed by atoms with van der Waals surface area (Å²) in [5, 5.41) is 121. The first kappa shape index (κ1) is 89.4. The van der Waals surface area contributed by atoms with Crippen molar-refractivity contribution >= 4 is 5.91 Å².